The number of hydrogen-bond donors (Lipinski definition) is 2. The Labute approximate surface area is 102 Å². The van der Waals surface area contributed by atoms with Crippen LogP contribution in [-0.4, -0.2) is 23.0 Å². The van der Waals surface area contributed by atoms with E-state index in [0.717, 1.165) is 0 Å². The number of nitrogens with two attached hydrogens (primary N) is 1. The Morgan fingerprint density at radius 3 is 2.25 bits per heavy atom. The number of aliphatic hydroxyl groups is 1. The van der Waals surface area contributed by atoms with E-state index in [1.165, 1.54) is 11.1 Å². The Balaban J connectivity index is 2.70. The van der Waals surface area contributed by atoms with E-state index < -0.39 is 0 Å². The summed E-state index contributed by atoms with van der Waals surface area (Å²) in [6.07, 6.45) is -0.301. The van der Waals surface area contributed by atoms with Gasteiger partial charge in [0.05, 0.1) is 6.10 Å². The first-order valence-electron chi connectivity index (χ1n) is 5.64. The van der Waals surface area contributed by atoms with E-state index in [4.69, 9.17) is 5.73 Å². The molecular weight excluding hydrogens is 218 g/mol. The van der Waals surface area contributed by atoms with Gasteiger partial charge in [0.15, 0.2) is 0 Å². The third kappa shape index (κ3) is 3.81. The first-order valence-corrected chi connectivity index (χ1v) is 6.59. The first-order chi connectivity index (χ1) is 7.54. The summed E-state index contributed by atoms with van der Waals surface area (Å²) in [5.74, 6) is 0. The lowest BCUT2D eigenvalue weighted by molar-refractivity contribution is 0.196. The highest BCUT2D eigenvalue weighted by Crippen LogP contribution is 2.32. The molecule has 3 atom stereocenters. The van der Waals surface area contributed by atoms with Gasteiger partial charge in [-0.2, -0.15) is 0 Å². The molecule has 2 nitrogen and oxygen atoms in total. The number of benzene rings is 1. The molecule has 0 heterocycles. The topological polar surface area (TPSA) is 46.2 Å². The van der Waals surface area contributed by atoms with Crippen LogP contribution in [-0.2, 0) is 0 Å². The van der Waals surface area contributed by atoms with Crippen LogP contribution >= 0.6 is 11.8 Å². The van der Waals surface area contributed by atoms with Gasteiger partial charge in [-0.3, -0.25) is 0 Å². The maximum Gasteiger partial charge on any atom is 0.0628 e. The highest BCUT2D eigenvalue weighted by atomic mass is 32.2. The number of thioether (sulfide) groups is 1. The van der Waals surface area contributed by atoms with Crippen molar-refractivity contribution in [2.45, 2.75) is 37.4 Å². The molecule has 0 aromatic heterocycles. The number of hydrogen-bond acceptors (Lipinski definition) is 3. The summed E-state index contributed by atoms with van der Waals surface area (Å²) in [6.45, 7) is 6.53. The lowest BCUT2D eigenvalue weighted by Crippen LogP contribution is -2.20. The fourth-order valence-electron chi connectivity index (χ4n) is 1.42. The van der Waals surface area contributed by atoms with Crippen molar-refractivity contribution in [3.8, 4) is 0 Å². The molecule has 1 aromatic carbocycles. The lowest BCUT2D eigenvalue weighted by Gasteiger charge is -2.21. The molecule has 0 spiro atoms. The van der Waals surface area contributed by atoms with Crippen molar-refractivity contribution in [2.75, 3.05) is 6.54 Å². The van der Waals surface area contributed by atoms with Crippen LogP contribution in [0.4, 0.5) is 0 Å². The molecule has 0 radical (unpaired) electrons. The van der Waals surface area contributed by atoms with E-state index in [1.807, 2.05) is 13.8 Å². The Morgan fingerprint density at radius 1 is 1.25 bits per heavy atom. The average Bonchev–Trinajstić information content (AvgIpc) is 2.26. The molecule has 1 aromatic rings. The lowest BCUT2D eigenvalue weighted by atomic mass is 10.1. The predicted octanol–water partition coefficient (Wildman–Crippen LogP) is 2.50. The molecule has 0 bridgehead atoms. The third-order valence-electron chi connectivity index (χ3n) is 2.72. The Hall–Kier alpha value is -0.510. The molecule has 0 fully saturated rings. The first kappa shape index (κ1) is 13.6. The van der Waals surface area contributed by atoms with Gasteiger partial charge in [-0.05, 0) is 19.4 Å². The summed E-state index contributed by atoms with van der Waals surface area (Å²) in [5, 5.41) is 9.97. The fraction of sp³-hybridized carbons (Fsp3) is 0.538. The van der Waals surface area contributed by atoms with Gasteiger partial charge in [-0.1, -0.05) is 36.8 Å². The summed E-state index contributed by atoms with van der Waals surface area (Å²) in [4.78, 5) is 0. The quantitative estimate of drug-likeness (QED) is 0.830. The van der Waals surface area contributed by atoms with Gasteiger partial charge in [0.1, 0.15) is 0 Å². The van der Waals surface area contributed by atoms with Gasteiger partial charge in [-0.15, -0.1) is 11.8 Å². The smallest absolute Gasteiger partial charge is 0.0628 e. The second-order valence-electron chi connectivity index (χ2n) is 4.22. The summed E-state index contributed by atoms with van der Waals surface area (Å²) in [6, 6.07) is 8.44. The minimum atomic E-state index is -0.301. The van der Waals surface area contributed by atoms with Crippen LogP contribution < -0.4 is 5.73 Å². The van der Waals surface area contributed by atoms with Gasteiger partial charge in [-0.25, -0.2) is 0 Å². The van der Waals surface area contributed by atoms with Crippen LogP contribution in [0.3, 0.4) is 0 Å². The minimum absolute atomic E-state index is 0.204. The Bertz CT molecular complexity index is 310. The van der Waals surface area contributed by atoms with Crippen LogP contribution in [0, 0.1) is 6.92 Å². The molecule has 0 saturated heterocycles. The number of aryl methyl sites for hydroxylation is 1. The summed E-state index contributed by atoms with van der Waals surface area (Å²) in [7, 11) is 0. The SMILES string of the molecule is Cc1ccc(C(CN)SC(C)C(C)O)cc1. The molecule has 16 heavy (non-hydrogen) atoms. The summed E-state index contributed by atoms with van der Waals surface area (Å²) >= 11 is 1.74. The van der Waals surface area contributed by atoms with Gasteiger partial charge in [0, 0.05) is 17.0 Å². The molecule has 3 N–H and O–H groups in total. The maximum absolute atomic E-state index is 9.49. The van der Waals surface area contributed by atoms with Crippen molar-refractivity contribution in [1.82, 2.24) is 0 Å². The zero-order valence-corrected chi connectivity index (χ0v) is 11.0. The van der Waals surface area contributed by atoms with Gasteiger partial charge in [0.2, 0.25) is 0 Å². The van der Waals surface area contributed by atoms with Crippen molar-refractivity contribution in [1.29, 1.82) is 0 Å². The van der Waals surface area contributed by atoms with Crippen molar-refractivity contribution in [2.24, 2.45) is 5.73 Å². The van der Waals surface area contributed by atoms with E-state index in [2.05, 4.69) is 31.2 Å². The number of rotatable bonds is 5. The Morgan fingerprint density at radius 2 is 1.81 bits per heavy atom. The predicted molar refractivity (Wildman–Crippen MR) is 71.7 cm³/mol. The molecule has 90 valence electrons. The standard InChI is InChI=1S/C13H21NOS/c1-9-4-6-12(7-5-9)13(8-14)16-11(3)10(2)15/h4-7,10-11,13,15H,8,14H2,1-3H3. The zero-order valence-electron chi connectivity index (χ0n) is 10.2. The van der Waals surface area contributed by atoms with E-state index in [-0.39, 0.29) is 16.6 Å². The molecule has 0 aliphatic rings. The van der Waals surface area contributed by atoms with Crippen LogP contribution in [0.5, 0.6) is 0 Å². The zero-order chi connectivity index (χ0) is 12.1. The molecule has 0 amide bonds. The maximum atomic E-state index is 9.49. The van der Waals surface area contributed by atoms with Crippen LogP contribution in [0.15, 0.2) is 24.3 Å². The van der Waals surface area contributed by atoms with E-state index in [9.17, 15) is 5.11 Å². The molecule has 3 unspecified atom stereocenters. The molecule has 1 rings (SSSR count). The largest absolute Gasteiger partial charge is 0.392 e. The van der Waals surface area contributed by atoms with Crippen molar-refractivity contribution in [3.63, 3.8) is 0 Å². The van der Waals surface area contributed by atoms with Gasteiger partial charge >= 0.3 is 0 Å². The van der Waals surface area contributed by atoms with Gasteiger partial charge < -0.3 is 10.8 Å². The van der Waals surface area contributed by atoms with Crippen LogP contribution in [0.25, 0.3) is 0 Å². The fourth-order valence-corrected chi connectivity index (χ4v) is 2.60. The molecular formula is C13H21NOS. The highest BCUT2D eigenvalue weighted by Gasteiger charge is 2.17. The normalized spacial score (nSPS) is 16.8. The minimum Gasteiger partial charge on any atom is -0.392 e. The second-order valence-corrected chi connectivity index (χ2v) is 5.80. The van der Waals surface area contributed by atoms with Gasteiger partial charge in [0.25, 0.3) is 0 Å². The van der Waals surface area contributed by atoms with E-state index in [1.54, 1.807) is 11.8 Å². The molecule has 0 aliphatic heterocycles. The monoisotopic (exact) mass is 239 g/mol. The van der Waals surface area contributed by atoms with Crippen LogP contribution in [0.2, 0.25) is 0 Å². The summed E-state index contributed by atoms with van der Waals surface area (Å²) < 4.78 is 0. The van der Waals surface area contributed by atoms with Crippen LogP contribution in [0.1, 0.15) is 30.2 Å². The van der Waals surface area contributed by atoms with Crippen molar-refractivity contribution >= 4 is 11.8 Å². The summed E-state index contributed by atoms with van der Waals surface area (Å²) in [5.41, 5.74) is 8.29. The highest BCUT2D eigenvalue weighted by molar-refractivity contribution is 8.00. The Kier molecular flexibility index (Phi) is 5.32. The van der Waals surface area contributed by atoms with Crippen molar-refractivity contribution in [3.05, 3.63) is 35.4 Å². The molecule has 0 saturated carbocycles. The van der Waals surface area contributed by atoms with E-state index in [0.29, 0.717) is 6.54 Å². The average molecular weight is 239 g/mol. The molecule has 3 heteroatoms. The van der Waals surface area contributed by atoms with Crippen molar-refractivity contribution < 1.29 is 5.11 Å². The van der Waals surface area contributed by atoms with E-state index >= 15 is 0 Å². The number of aliphatic hydroxyl groups excluding tert-OH is 1. The molecule has 0 aliphatic carbocycles. The second kappa shape index (κ2) is 6.28. The third-order valence-corrected chi connectivity index (χ3v) is 4.34.